The molecule has 0 bridgehead atoms. The van der Waals surface area contributed by atoms with Crippen molar-refractivity contribution in [1.29, 1.82) is 5.26 Å². The molecule has 3 rings (SSSR count). The molecule has 1 aliphatic rings. The molecule has 0 aliphatic carbocycles. The van der Waals surface area contributed by atoms with E-state index >= 15 is 0 Å². The van der Waals surface area contributed by atoms with Crippen LogP contribution in [0.15, 0.2) is 34.9 Å². The molecule has 1 N–H and O–H groups in total. The summed E-state index contributed by atoms with van der Waals surface area (Å²) in [4.78, 5) is 6.70. The molecule has 4 nitrogen and oxygen atoms in total. The van der Waals surface area contributed by atoms with Gasteiger partial charge in [0.05, 0.1) is 11.6 Å². The lowest BCUT2D eigenvalue weighted by Gasteiger charge is -2.31. The average Bonchev–Trinajstić information content (AvgIpc) is 2.52. The molecule has 1 unspecified atom stereocenters. The molecule has 1 aromatic carbocycles. The first kappa shape index (κ1) is 13.5. The Morgan fingerprint density at radius 3 is 2.85 bits per heavy atom. The number of pyridine rings is 1. The van der Waals surface area contributed by atoms with Gasteiger partial charge in [-0.3, -0.25) is 9.88 Å². The Morgan fingerprint density at radius 1 is 1.30 bits per heavy atom. The minimum Gasteiger partial charge on any atom is -0.314 e. The highest BCUT2D eigenvalue weighted by Crippen LogP contribution is 2.31. The molecule has 20 heavy (non-hydrogen) atoms. The summed E-state index contributed by atoms with van der Waals surface area (Å²) in [7, 11) is 0. The molecule has 0 saturated carbocycles. The Balaban J connectivity index is 2.08. The molecule has 2 aromatic rings. The summed E-state index contributed by atoms with van der Waals surface area (Å²) in [5.74, 6) is 0. The Bertz CT molecular complexity index is 658. The molecule has 1 atom stereocenters. The van der Waals surface area contributed by atoms with Gasteiger partial charge in [0, 0.05) is 47.8 Å². The summed E-state index contributed by atoms with van der Waals surface area (Å²) in [6, 6.07) is 10.2. The quantitative estimate of drug-likeness (QED) is 0.919. The van der Waals surface area contributed by atoms with Crippen LogP contribution >= 0.6 is 15.9 Å². The number of nitrogens with zero attached hydrogens (tertiary/aromatic N) is 3. The maximum atomic E-state index is 9.61. The van der Waals surface area contributed by atoms with Crippen LogP contribution in [0.1, 0.15) is 11.6 Å². The fourth-order valence-corrected chi connectivity index (χ4v) is 3.12. The van der Waals surface area contributed by atoms with E-state index in [0.717, 1.165) is 47.1 Å². The summed E-state index contributed by atoms with van der Waals surface area (Å²) < 4.78 is 1.02. The van der Waals surface area contributed by atoms with Crippen molar-refractivity contribution in [3.8, 4) is 6.07 Å². The fraction of sp³-hybridized carbons (Fsp3) is 0.333. The summed E-state index contributed by atoms with van der Waals surface area (Å²) in [5.41, 5.74) is 1.90. The van der Waals surface area contributed by atoms with E-state index in [1.54, 1.807) is 6.20 Å². The molecule has 0 spiro atoms. The topological polar surface area (TPSA) is 52.0 Å². The third-order valence-corrected chi connectivity index (χ3v) is 4.37. The van der Waals surface area contributed by atoms with Gasteiger partial charge in [0.2, 0.25) is 0 Å². The summed E-state index contributed by atoms with van der Waals surface area (Å²) in [6.07, 6.45) is 1.78. The van der Waals surface area contributed by atoms with Crippen LogP contribution in [0.4, 0.5) is 0 Å². The highest BCUT2D eigenvalue weighted by atomic mass is 79.9. The lowest BCUT2D eigenvalue weighted by atomic mass is 10.0. The number of halogens is 1. The molecule has 1 aliphatic heterocycles. The standard InChI is InChI=1S/C15H15BrN4/c16-13-4-3-12(15-11(13)2-1-5-19-15)14(10-17)20-8-6-18-7-9-20/h1-5,14,18H,6-9H2. The first-order chi connectivity index (χ1) is 9.81. The van der Waals surface area contributed by atoms with Crippen LogP contribution in [0.3, 0.4) is 0 Å². The van der Waals surface area contributed by atoms with E-state index in [0.29, 0.717) is 0 Å². The van der Waals surface area contributed by atoms with Crippen molar-refractivity contribution in [2.24, 2.45) is 0 Å². The first-order valence-corrected chi connectivity index (χ1v) is 7.48. The molecule has 0 amide bonds. The van der Waals surface area contributed by atoms with Gasteiger partial charge in [-0.15, -0.1) is 0 Å². The van der Waals surface area contributed by atoms with Crippen molar-refractivity contribution < 1.29 is 0 Å². The Labute approximate surface area is 126 Å². The molecule has 1 fully saturated rings. The molecule has 0 radical (unpaired) electrons. The fourth-order valence-electron chi connectivity index (χ4n) is 2.67. The SMILES string of the molecule is N#CC(c1ccc(Br)c2cccnc12)N1CCNCC1. The molecule has 1 saturated heterocycles. The monoisotopic (exact) mass is 330 g/mol. The maximum absolute atomic E-state index is 9.61. The zero-order valence-corrected chi connectivity index (χ0v) is 12.6. The zero-order chi connectivity index (χ0) is 13.9. The number of rotatable bonds is 2. The highest BCUT2D eigenvalue weighted by Gasteiger charge is 2.24. The second-order valence-corrected chi connectivity index (χ2v) is 5.71. The normalized spacial score (nSPS) is 17.8. The van der Waals surface area contributed by atoms with E-state index in [4.69, 9.17) is 0 Å². The molecular weight excluding hydrogens is 316 g/mol. The number of hydrogen-bond acceptors (Lipinski definition) is 4. The molecular formula is C15H15BrN4. The second-order valence-electron chi connectivity index (χ2n) is 4.85. The molecule has 1 aromatic heterocycles. The van der Waals surface area contributed by atoms with E-state index in [1.165, 1.54) is 0 Å². The van der Waals surface area contributed by atoms with E-state index in [1.807, 2.05) is 24.3 Å². The third-order valence-electron chi connectivity index (χ3n) is 3.68. The van der Waals surface area contributed by atoms with Crippen molar-refractivity contribution in [2.45, 2.75) is 6.04 Å². The van der Waals surface area contributed by atoms with Gasteiger partial charge in [0.15, 0.2) is 0 Å². The third kappa shape index (κ3) is 2.42. The minimum atomic E-state index is -0.234. The van der Waals surface area contributed by atoms with Gasteiger partial charge in [0.25, 0.3) is 0 Å². The van der Waals surface area contributed by atoms with E-state index in [2.05, 4.69) is 37.2 Å². The first-order valence-electron chi connectivity index (χ1n) is 6.69. The number of nitriles is 1. The smallest absolute Gasteiger partial charge is 0.126 e. The van der Waals surface area contributed by atoms with E-state index in [-0.39, 0.29) is 6.04 Å². The maximum Gasteiger partial charge on any atom is 0.126 e. The van der Waals surface area contributed by atoms with E-state index in [9.17, 15) is 5.26 Å². The van der Waals surface area contributed by atoms with Gasteiger partial charge in [-0.1, -0.05) is 28.1 Å². The van der Waals surface area contributed by atoms with Gasteiger partial charge in [-0.05, 0) is 12.1 Å². The van der Waals surface area contributed by atoms with Crippen LogP contribution in [0, 0.1) is 11.3 Å². The van der Waals surface area contributed by atoms with Crippen molar-refractivity contribution in [1.82, 2.24) is 15.2 Å². The molecule has 5 heteroatoms. The van der Waals surface area contributed by atoms with Gasteiger partial charge >= 0.3 is 0 Å². The van der Waals surface area contributed by atoms with E-state index < -0.39 is 0 Å². The van der Waals surface area contributed by atoms with Gasteiger partial charge in [0.1, 0.15) is 6.04 Å². The number of aromatic nitrogens is 1. The average molecular weight is 331 g/mol. The Kier molecular flexibility index (Phi) is 3.97. The highest BCUT2D eigenvalue weighted by molar-refractivity contribution is 9.10. The lowest BCUT2D eigenvalue weighted by Crippen LogP contribution is -2.44. The molecule has 2 heterocycles. The minimum absolute atomic E-state index is 0.234. The van der Waals surface area contributed by atoms with Crippen molar-refractivity contribution in [3.05, 3.63) is 40.5 Å². The van der Waals surface area contributed by atoms with Crippen LogP contribution in [-0.4, -0.2) is 36.1 Å². The zero-order valence-electron chi connectivity index (χ0n) is 11.0. The molecule has 102 valence electrons. The summed E-state index contributed by atoms with van der Waals surface area (Å²) >= 11 is 3.55. The number of piperazine rings is 1. The Hall–Kier alpha value is -1.48. The van der Waals surface area contributed by atoms with Crippen LogP contribution in [-0.2, 0) is 0 Å². The summed E-state index contributed by atoms with van der Waals surface area (Å²) in [5, 5.41) is 14.0. The largest absolute Gasteiger partial charge is 0.314 e. The Morgan fingerprint density at radius 2 is 2.10 bits per heavy atom. The van der Waals surface area contributed by atoms with Crippen molar-refractivity contribution in [3.63, 3.8) is 0 Å². The lowest BCUT2D eigenvalue weighted by molar-refractivity contribution is 0.208. The van der Waals surface area contributed by atoms with Crippen molar-refractivity contribution >= 4 is 26.8 Å². The van der Waals surface area contributed by atoms with Crippen LogP contribution in [0.25, 0.3) is 10.9 Å². The number of hydrogen-bond donors (Lipinski definition) is 1. The van der Waals surface area contributed by atoms with Crippen LogP contribution < -0.4 is 5.32 Å². The number of nitrogens with one attached hydrogen (secondary N) is 1. The van der Waals surface area contributed by atoms with Crippen molar-refractivity contribution in [2.75, 3.05) is 26.2 Å². The van der Waals surface area contributed by atoms with Crippen LogP contribution in [0.2, 0.25) is 0 Å². The predicted octanol–water partition coefficient (Wildman–Crippen LogP) is 2.47. The second kappa shape index (κ2) is 5.88. The van der Waals surface area contributed by atoms with Gasteiger partial charge in [-0.25, -0.2) is 0 Å². The number of benzene rings is 1. The predicted molar refractivity (Wildman–Crippen MR) is 82.2 cm³/mol. The van der Waals surface area contributed by atoms with Gasteiger partial charge < -0.3 is 5.32 Å². The summed E-state index contributed by atoms with van der Waals surface area (Å²) in [6.45, 7) is 3.64. The number of fused-ring (bicyclic) bond motifs is 1. The van der Waals surface area contributed by atoms with Gasteiger partial charge in [-0.2, -0.15) is 5.26 Å². The van der Waals surface area contributed by atoms with Crippen LogP contribution in [0.5, 0.6) is 0 Å².